The van der Waals surface area contributed by atoms with Crippen molar-refractivity contribution in [3.63, 3.8) is 0 Å². The minimum Gasteiger partial charge on any atom is -0.497 e. The van der Waals surface area contributed by atoms with Gasteiger partial charge in [0.15, 0.2) is 0 Å². The molecule has 0 aliphatic heterocycles. The first-order valence-corrected chi connectivity index (χ1v) is 6.67. The number of hydrogen-bond donors (Lipinski definition) is 0. The molecule has 0 bridgehead atoms. The molecule has 2 aliphatic rings. The molecule has 0 amide bonds. The number of carbonyl (C=O) groups is 2. The highest BCUT2D eigenvalue weighted by atomic mass is 16.5. The Morgan fingerprint density at radius 2 is 2.10 bits per heavy atom. The average Bonchev–Trinajstić information content (AvgIpc) is 2.83. The standard InChI is InChI=1S/C16H16O4/c1-19-10-4-6-11-9(7-10)3-5-12-14(17)8-13(15(11)12)16(18)20-2/h4,6-7,12H,3,5,8H2,1-2H3. The first-order valence-electron chi connectivity index (χ1n) is 6.67. The summed E-state index contributed by atoms with van der Waals surface area (Å²) in [5.41, 5.74) is 3.51. The number of benzene rings is 1. The van der Waals surface area contributed by atoms with Gasteiger partial charge in [-0.15, -0.1) is 0 Å². The summed E-state index contributed by atoms with van der Waals surface area (Å²) in [6, 6.07) is 5.79. The molecule has 0 radical (unpaired) electrons. The monoisotopic (exact) mass is 272 g/mol. The third-order valence-electron chi connectivity index (χ3n) is 4.15. The summed E-state index contributed by atoms with van der Waals surface area (Å²) in [5, 5.41) is 0. The Morgan fingerprint density at radius 3 is 2.80 bits per heavy atom. The molecule has 3 rings (SSSR count). The molecule has 0 saturated carbocycles. The number of fused-ring (bicyclic) bond motifs is 3. The van der Waals surface area contributed by atoms with Gasteiger partial charge in [0.1, 0.15) is 11.5 Å². The lowest BCUT2D eigenvalue weighted by atomic mass is 9.80. The van der Waals surface area contributed by atoms with E-state index in [4.69, 9.17) is 9.47 Å². The number of rotatable bonds is 2. The molecule has 2 aliphatic carbocycles. The minimum atomic E-state index is -0.389. The van der Waals surface area contributed by atoms with Crippen LogP contribution in [0, 0.1) is 5.92 Å². The third kappa shape index (κ3) is 1.83. The summed E-state index contributed by atoms with van der Waals surface area (Å²) in [5.74, 6) is 0.387. The van der Waals surface area contributed by atoms with Gasteiger partial charge in [-0.25, -0.2) is 4.79 Å². The van der Waals surface area contributed by atoms with E-state index in [1.165, 1.54) is 7.11 Å². The Morgan fingerprint density at radius 1 is 1.30 bits per heavy atom. The summed E-state index contributed by atoms with van der Waals surface area (Å²) in [6.07, 6.45) is 1.79. The van der Waals surface area contributed by atoms with Crippen molar-refractivity contribution >= 4 is 17.3 Å². The van der Waals surface area contributed by atoms with E-state index in [-0.39, 0.29) is 24.1 Å². The fraction of sp³-hybridized carbons (Fsp3) is 0.375. The molecule has 1 atom stereocenters. The molecule has 1 aromatic rings. The maximum absolute atomic E-state index is 12.1. The van der Waals surface area contributed by atoms with Crippen LogP contribution in [-0.2, 0) is 20.7 Å². The van der Waals surface area contributed by atoms with Crippen molar-refractivity contribution < 1.29 is 19.1 Å². The number of methoxy groups -OCH3 is 2. The maximum Gasteiger partial charge on any atom is 0.334 e. The Balaban J connectivity index is 2.15. The Bertz CT molecular complexity index is 627. The van der Waals surface area contributed by atoms with E-state index in [0.717, 1.165) is 35.3 Å². The topological polar surface area (TPSA) is 52.6 Å². The van der Waals surface area contributed by atoms with Crippen molar-refractivity contribution in [2.24, 2.45) is 5.92 Å². The quantitative estimate of drug-likeness (QED) is 0.774. The van der Waals surface area contributed by atoms with Crippen molar-refractivity contribution in [2.75, 3.05) is 14.2 Å². The van der Waals surface area contributed by atoms with Gasteiger partial charge in [0, 0.05) is 17.9 Å². The van der Waals surface area contributed by atoms with E-state index >= 15 is 0 Å². The van der Waals surface area contributed by atoms with Crippen molar-refractivity contribution in [3.8, 4) is 5.75 Å². The molecule has 1 unspecified atom stereocenters. The van der Waals surface area contributed by atoms with Gasteiger partial charge < -0.3 is 9.47 Å². The number of aryl methyl sites for hydroxylation is 1. The van der Waals surface area contributed by atoms with E-state index in [1.54, 1.807) is 7.11 Å². The molecule has 0 aromatic heterocycles. The fourth-order valence-corrected chi connectivity index (χ4v) is 3.19. The Labute approximate surface area is 117 Å². The zero-order valence-corrected chi connectivity index (χ0v) is 11.6. The van der Waals surface area contributed by atoms with Crippen LogP contribution in [0.1, 0.15) is 24.0 Å². The molecule has 104 valence electrons. The molecule has 4 nitrogen and oxygen atoms in total. The highest BCUT2D eigenvalue weighted by Gasteiger charge is 2.40. The number of allylic oxidation sites excluding steroid dienone is 1. The molecule has 0 fully saturated rings. The van der Waals surface area contributed by atoms with Gasteiger partial charge in [0.2, 0.25) is 0 Å². The normalized spacial score (nSPS) is 20.5. The zero-order chi connectivity index (χ0) is 14.3. The maximum atomic E-state index is 12.1. The number of hydrogen-bond acceptors (Lipinski definition) is 4. The van der Waals surface area contributed by atoms with Crippen LogP contribution in [0.15, 0.2) is 23.8 Å². The van der Waals surface area contributed by atoms with Gasteiger partial charge in [-0.05, 0) is 41.7 Å². The largest absolute Gasteiger partial charge is 0.497 e. The van der Waals surface area contributed by atoms with Crippen LogP contribution in [-0.4, -0.2) is 26.0 Å². The fourth-order valence-electron chi connectivity index (χ4n) is 3.19. The van der Waals surface area contributed by atoms with E-state index in [2.05, 4.69) is 0 Å². The van der Waals surface area contributed by atoms with Crippen LogP contribution in [0.5, 0.6) is 5.75 Å². The van der Waals surface area contributed by atoms with Gasteiger partial charge in [-0.3, -0.25) is 4.79 Å². The predicted molar refractivity (Wildman–Crippen MR) is 73.4 cm³/mol. The second-order valence-corrected chi connectivity index (χ2v) is 5.14. The Hall–Kier alpha value is -2.10. The van der Waals surface area contributed by atoms with E-state index < -0.39 is 0 Å². The summed E-state index contributed by atoms with van der Waals surface area (Å²) in [7, 11) is 2.98. The lowest BCUT2D eigenvalue weighted by molar-refractivity contribution is -0.136. The van der Waals surface area contributed by atoms with Crippen LogP contribution >= 0.6 is 0 Å². The van der Waals surface area contributed by atoms with Crippen molar-refractivity contribution in [2.45, 2.75) is 19.3 Å². The number of ether oxygens (including phenoxy) is 2. The molecule has 4 heteroatoms. The molecule has 0 saturated heterocycles. The van der Waals surface area contributed by atoms with Crippen molar-refractivity contribution in [1.29, 1.82) is 0 Å². The number of carbonyl (C=O) groups excluding carboxylic acids is 2. The van der Waals surface area contributed by atoms with Crippen LogP contribution in [0.3, 0.4) is 0 Å². The van der Waals surface area contributed by atoms with Gasteiger partial charge >= 0.3 is 5.97 Å². The lowest BCUT2D eigenvalue weighted by Gasteiger charge is -2.24. The van der Waals surface area contributed by atoms with Crippen LogP contribution in [0.25, 0.3) is 5.57 Å². The van der Waals surface area contributed by atoms with Crippen molar-refractivity contribution in [1.82, 2.24) is 0 Å². The highest BCUT2D eigenvalue weighted by Crippen LogP contribution is 2.45. The van der Waals surface area contributed by atoms with Crippen molar-refractivity contribution in [3.05, 3.63) is 34.9 Å². The molecular formula is C16H16O4. The summed E-state index contributed by atoms with van der Waals surface area (Å²) in [6.45, 7) is 0. The van der Waals surface area contributed by atoms with E-state index in [9.17, 15) is 9.59 Å². The zero-order valence-electron chi connectivity index (χ0n) is 11.6. The molecule has 0 spiro atoms. The third-order valence-corrected chi connectivity index (χ3v) is 4.15. The second-order valence-electron chi connectivity index (χ2n) is 5.14. The summed E-state index contributed by atoms with van der Waals surface area (Å²) < 4.78 is 10.1. The molecule has 0 heterocycles. The second kappa shape index (κ2) is 4.78. The minimum absolute atomic E-state index is 0.127. The molecule has 20 heavy (non-hydrogen) atoms. The van der Waals surface area contributed by atoms with E-state index in [1.807, 2.05) is 18.2 Å². The number of Topliss-reactive ketones (excluding diaryl/α,β-unsaturated/α-hetero) is 1. The van der Waals surface area contributed by atoms with Crippen LogP contribution < -0.4 is 4.74 Å². The summed E-state index contributed by atoms with van der Waals surface area (Å²) >= 11 is 0. The van der Waals surface area contributed by atoms with Gasteiger partial charge in [0.25, 0.3) is 0 Å². The lowest BCUT2D eigenvalue weighted by Crippen LogP contribution is -2.17. The van der Waals surface area contributed by atoms with Gasteiger partial charge in [0.05, 0.1) is 14.2 Å². The molecule has 1 aromatic carbocycles. The Kier molecular flexibility index (Phi) is 3.08. The smallest absolute Gasteiger partial charge is 0.334 e. The number of esters is 1. The van der Waals surface area contributed by atoms with Gasteiger partial charge in [-0.1, -0.05) is 6.07 Å². The van der Waals surface area contributed by atoms with E-state index in [0.29, 0.717) is 5.57 Å². The highest BCUT2D eigenvalue weighted by molar-refractivity contribution is 6.13. The summed E-state index contributed by atoms with van der Waals surface area (Å²) in [4.78, 5) is 24.0. The SMILES string of the molecule is COC(=O)C1=C2c3ccc(OC)cc3CCC2C(=O)C1. The van der Waals surface area contributed by atoms with Crippen LogP contribution in [0.2, 0.25) is 0 Å². The first-order chi connectivity index (χ1) is 9.65. The average molecular weight is 272 g/mol. The van der Waals surface area contributed by atoms with Gasteiger partial charge in [-0.2, -0.15) is 0 Å². The molecule has 0 N–H and O–H groups in total. The number of ketones is 1. The predicted octanol–water partition coefficient (Wildman–Crippen LogP) is 2.16. The first kappa shape index (κ1) is 12.9. The van der Waals surface area contributed by atoms with Crippen LogP contribution in [0.4, 0.5) is 0 Å². The molecular weight excluding hydrogens is 256 g/mol.